The second kappa shape index (κ2) is 11.1. The van der Waals surface area contributed by atoms with Gasteiger partial charge < -0.3 is 19.7 Å². The normalized spacial score (nSPS) is 11.8. The summed E-state index contributed by atoms with van der Waals surface area (Å²) in [6.07, 6.45) is 2.98. The van der Waals surface area contributed by atoms with E-state index in [1.165, 1.54) is 11.2 Å². The third kappa shape index (κ3) is 6.34. The van der Waals surface area contributed by atoms with Crippen molar-refractivity contribution >= 4 is 40.9 Å². The number of hydrogen-bond donors (Lipinski definition) is 3. The first kappa shape index (κ1) is 26.8. The number of carboxylic acids is 1. The number of rotatable bonds is 10. The van der Waals surface area contributed by atoms with E-state index in [2.05, 4.69) is 23.1 Å². The van der Waals surface area contributed by atoms with Crippen molar-refractivity contribution in [3.8, 4) is 5.88 Å². The van der Waals surface area contributed by atoms with E-state index in [-0.39, 0.29) is 29.4 Å². The molecule has 0 unspecified atom stereocenters. The molecule has 0 fully saturated rings. The van der Waals surface area contributed by atoms with Crippen molar-refractivity contribution in [2.24, 2.45) is 22.1 Å². The van der Waals surface area contributed by atoms with Crippen molar-refractivity contribution in [2.45, 2.75) is 33.8 Å². The summed E-state index contributed by atoms with van der Waals surface area (Å²) >= 11 is 6.27. The number of nitrogens with two attached hydrogens (primary N) is 2. The molecular weight excluding hydrogens is 458 g/mol. The van der Waals surface area contributed by atoms with E-state index in [9.17, 15) is 9.90 Å². The van der Waals surface area contributed by atoms with Crippen LogP contribution in [0.4, 0.5) is 5.69 Å². The molecule has 5 N–H and O–H groups in total. The largest absolute Gasteiger partial charge is 0.481 e. The lowest BCUT2D eigenvalue weighted by atomic mass is 9.93. The predicted molar refractivity (Wildman–Crippen MR) is 135 cm³/mol. The molecule has 1 aromatic carbocycles. The molecule has 0 atom stereocenters. The summed E-state index contributed by atoms with van der Waals surface area (Å²) in [7, 11) is 0. The van der Waals surface area contributed by atoms with Gasteiger partial charge in [-0.3, -0.25) is 4.79 Å². The third-order valence-electron chi connectivity index (χ3n) is 4.80. The highest BCUT2D eigenvalue weighted by Gasteiger charge is 2.30. The number of aromatic nitrogens is 1. The van der Waals surface area contributed by atoms with E-state index in [1.807, 2.05) is 13.8 Å². The van der Waals surface area contributed by atoms with Gasteiger partial charge in [-0.05, 0) is 39.8 Å². The Morgan fingerprint density at radius 3 is 2.62 bits per heavy atom. The van der Waals surface area contributed by atoms with Crippen LogP contribution in [0.25, 0.3) is 11.8 Å². The van der Waals surface area contributed by atoms with Crippen molar-refractivity contribution < 1.29 is 19.5 Å². The Morgan fingerprint density at radius 2 is 2.09 bits per heavy atom. The molecule has 0 amide bonds. The molecule has 0 bridgehead atoms. The van der Waals surface area contributed by atoms with Crippen LogP contribution < -0.4 is 21.5 Å². The van der Waals surface area contributed by atoms with E-state index in [0.717, 1.165) is 0 Å². The lowest BCUT2D eigenvalue weighted by Crippen LogP contribution is -2.43. The quantitative estimate of drug-likeness (QED) is 0.195. The van der Waals surface area contributed by atoms with Gasteiger partial charge in [0.2, 0.25) is 11.8 Å². The summed E-state index contributed by atoms with van der Waals surface area (Å²) in [5.74, 6) is 11.0. The molecule has 2 rings (SSSR count). The monoisotopic (exact) mass is 487 g/mol. The summed E-state index contributed by atoms with van der Waals surface area (Å²) in [5.41, 5.74) is 1.44. The van der Waals surface area contributed by atoms with E-state index in [4.69, 9.17) is 32.9 Å². The molecule has 2 aromatic rings. The van der Waals surface area contributed by atoms with E-state index >= 15 is 0 Å². The molecule has 0 radical (unpaired) electrons. The standard InChI is InChI=1S/C24H30ClN5O4/c1-7-17-18(9-8-10-20(17)30(26)13-24(5,6)23(31)32)15(4)29-21(34-27)16-11-19(25)22(28-12-16)33-14(2)3/h7-12,14H,1,4,13,26-27H2,2-3,5-6H3,(H,31,32)/b29-21-. The number of benzene rings is 1. The third-order valence-corrected chi connectivity index (χ3v) is 5.07. The van der Waals surface area contributed by atoms with Crippen molar-refractivity contribution in [3.05, 3.63) is 65.3 Å². The number of carbonyl (C=O) groups is 1. The van der Waals surface area contributed by atoms with Crippen LogP contribution in [0.2, 0.25) is 5.02 Å². The minimum atomic E-state index is -1.07. The second-order valence-electron chi connectivity index (χ2n) is 8.42. The van der Waals surface area contributed by atoms with E-state index < -0.39 is 11.4 Å². The van der Waals surface area contributed by atoms with Gasteiger partial charge in [0.1, 0.15) is 5.02 Å². The van der Waals surface area contributed by atoms with Crippen molar-refractivity contribution in [1.82, 2.24) is 4.98 Å². The van der Waals surface area contributed by atoms with Gasteiger partial charge in [-0.25, -0.2) is 15.8 Å². The highest BCUT2D eigenvalue weighted by Crippen LogP contribution is 2.31. The molecule has 1 heterocycles. The fraction of sp³-hybridized carbons (Fsp3) is 0.292. The zero-order chi connectivity index (χ0) is 25.6. The smallest absolute Gasteiger partial charge is 0.310 e. The van der Waals surface area contributed by atoms with E-state index in [1.54, 1.807) is 44.2 Å². The SMILES string of the molecule is C=Cc1c(C(=C)/N=C(\ON)c2cnc(OC(C)C)c(Cl)c2)cccc1N(N)CC(C)(C)C(=O)O. The number of hydrogen-bond acceptors (Lipinski definition) is 8. The molecule has 9 nitrogen and oxygen atoms in total. The summed E-state index contributed by atoms with van der Waals surface area (Å²) in [6, 6.07) is 6.87. The van der Waals surface area contributed by atoms with Gasteiger partial charge in [0.25, 0.3) is 0 Å². The second-order valence-corrected chi connectivity index (χ2v) is 8.83. The number of halogens is 1. The summed E-state index contributed by atoms with van der Waals surface area (Å²) < 4.78 is 5.54. The van der Waals surface area contributed by atoms with Crippen molar-refractivity contribution in [2.75, 3.05) is 11.6 Å². The maximum Gasteiger partial charge on any atom is 0.310 e. The van der Waals surface area contributed by atoms with Gasteiger partial charge in [-0.1, -0.05) is 43.0 Å². The minimum absolute atomic E-state index is 0.0347. The van der Waals surface area contributed by atoms with Crippen LogP contribution in [0.15, 0.2) is 48.6 Å². The number of ether oxygens (including phenoxy) is 1. The number of anilines is 1. The maximum atomic E-state index is 11.5. The topological polar surface area (TPSA) is 136 Å². The lowest BCUT2D eigenvalue weighted by Gasteiger charge is -2.29. The molecule has 10 heteroatoms. The Bertz CT molecular complexity index is 1110. The molecule has 182 valence electrons. The zero-order valence-corrected chi connectivity index (χ0v) is 20.5. The molecular formula is C24H30ClN5O4. The number of nitrogens with zero attached hydrogens (tertiary/aromatic N) is 3. The Balaban J connectivity index is 2.43. The van der Waals surface area contributed by atoms with Crippen LogP contribution in [-0.2, 0) is 9.63 Å². The fourth-order valence-corrected chi connectivity index (χ4v) is 3.25. The first-order valence-electron chi connectivity index (χ1n) is 10.4. The first-order valence-corrected chi connectivity index (χ1v) is 10.8. The average Bonchev–Trinajstić information content (AvgIpc) is 2.77. The predicted octanol–water partition coefficient (Wildman–Crippen LogP) is 4.26. The van der Waals surface area contributed by atoms with Crippen molar-refractivity contribution in [1.29, 1.82) is 0 Å². The zero-order valence-electron chi connectivity index (χ0n) is 19.7. The average molecular weight is 488 g/mol. The molecule has 0 saturated heterocycles. The number of pyridine rings is 1. The first-order chi connectivity index (χ1) is 15.9. The van der Waals surface area contributed by atoms with Gasteiger partial charge in [0, 0.05) is 23.9 Å². The van der Waals surface area contributed by atoms with Crippen LogP contribution in [0.3, 0.4) is 0 Å². The highest BCUT2D eigenvalue weighted by atomic mass is 35.5. The summed E-state index contributed by atoms with van der Waals surface area (Å²) in [6.45, 7) is 14.9. The Hall–Kier alpha value is -3.40. The van der Waals surface area contributed by atoms with Gasteiger partial charge in [0.15, 0.2) is 0 Å². The van der Waals surface area contributed by atoms with Crippen LogP contribution in [-0.4, -0.2) is 34.6 Å². The van der Waals surface area contributed by atoms with Gasteiger partial charge in [-0.15, -0.1) is 0 Å². The van der Waals surface area contributed by atoms with Crippen molar-refractivity contribution in [3.63, 3.8) is 0 Å². The Kier molecular flexibility index (Phi) is 8.80. The molecule has 0 aliphatic carbocycles. The molecule has 0 saturated carbocycles. The van der Waals surface area contributed by atoms with Gasteiger partial charge in [-0.2, -0.15) is 5.90 Å². The van der Waals surface area contributed by atoms with Crippen LogP contribution >= 0.6 is 11.6 Å². The summed E-state index contributed by atoms with van der Waals surface area (Å²) in [4.78, 5) is 25.1. The Morgan fingerprint density at radius 1 is 1.41 bits per heavy atom. The van der Waals surface area contributed by atoms with E-state index in [0.29, 0.717) is 28.1 Å². The van der Waals surface area contributed by atoms with Crippen LogP contribution in [0, 0.1) is 5.41 Å². The minimum Gasteiger partial charge on any atom is -0.481 e. The molecule has 0 aliphatic heterocycles. The molecule has 34 heavy (non-hydrogen) atoms. The molecule has 0 spiro atoms. The molecule has 0 aliphatic rings. The number of aliphatic carboxylic acids is 1. The fourth-order valence-electron chi connectivity index (χ4n) is 3.04. The summed E-state index contributed by atoms with van der Waals surface area (Å²) in [5, 5.41) is 11.1. The van der Waals surface area contributed by atoms with Crippen LogP contribution in [0.1, 0.15) is 44.4 Å². The number of hydrazine groups is 1. The number of carboxylic acid groups (broad SMARTS) is 1. The Labute approximate surface area is 204 Å². The number of aliphatic imine (C=N–C) groups is 1. The van der Waals surface area contributed by atoms with Crippen LogP contribution in [0.5, 0.6) is 5.88 Å². The lowest BCUT2D eigenvalue weighted by molar-refractivity contribution is -0.146. The van der Waals surface area contributed by atoms with Gasteiger partial charge in [0.05, 0.1) is 28.5 Å². The molecule has 1 aromatic heterocycles. The highest BCUT2D eigenvalue weighted by molar-refractivity contribution is 6.32. The maximum absolute atomic E-state index is 11.5. The van der Waals surface area contributed by atoms with Gasteiger partial charge >= 0.3 is 5.97 Å².